The molecule has 4 aromatic rings. The topological polar surface area (TPSA) is 120 Å². The number of nitriles is 1. The molecule has 25 heavy (non-hydrogen) atoms. The highest BCUT2D eigenvalue weighted by Gasteiger charge is 2.06. The molecule has 0 amide bonds. The molecule has 0 aliphatic rings. The molecule has 9 nitrogen and oxygen atoms in total. The lowest BCUT2D eigenvalue weighted by molar-refractivity contribution is 0.881. The molecule has 1 aromatic carbocycles. The van der Waals surface area contributed by atoms with Gasteiger partial charge in [0.05, 0.1) is 5.69 Å². The zero-order valence-electron chi connectivity index (χ0n) is 12.8. The number of nitrogens with one attached hydrogen (secondary N) is 2. The van der Waals surface area contributed by atoms with Crippen LogP contribution in [0.3, 0.4) is 0 Å². The minimum absolute atomic E-state index is 0.240. The van der Waals surface area contributed by atoms with Crippen LogP contribution in [0.15, 0.2) is 55.1 Å². The molecule has 0 atom stereocenters. The number of rotatable bonds is 4. The van der Waals surface area contributed by atoms with E-state index in [1.807, 2.05) is 53.2 Å². The fourth-order valence-corrected chi connectivity index (χ4v) is 2.28. The van der Waals surface area contributed by atoms with E-state index in [0.717, 1.165) is 16.9 Å². The molecular weight excluding hydrogens is 318 g/mol. The first-order valence-electron chi connectivity index (χ1n) is 7.34. The molecule has 0 saturated carbocycles. The number of allylic oxidation sites excluding steroid dienone is 1. The lowest BCUT2D eigenvalue weighted by atomic mass is 10.1. The van der Waals surface area contributed by atoms with Gasteiger partial charge in [0.15, 0.2) is 0 Å². The van der Waals surface area contributed by atoms with Crippen molar-refractivity contribution in [2.45, 2.75) is 0 Å². The van der Waals surface area contributed by atoms with Gasteiger partial charge in [0.25, 0.3) is 0 Å². The predicted molar refractivity (Wildman–Crippen MR) is 89.8 cm³/mol. The van der Waals surface area contributed by atoms with E-state index in [2.05, 4.69) is 35.9 Å². The molecule has 120 valence electrons. The second-order valence-corrected chi connectivity index (χ2v) is 5.08. The van der Waals surface area contributed by atoms with Gasteiger partial charge in [0.2, 0.25) is 11.6 Å². The molecule has 0 aliphatic heterocycles. The number of hydrogen-bond acceptors (Lipinski definition) is 7. The third-order valence-electron chi connectivity index (χ3n) is 3.51. The van der Waals surface area contributed by atoms with Gasteiger partial charge < -0.3 is 5.32 Å². The number of imidazole rings is 1. The molecule has 0 spiro atoms. The van der Waals surface area contributed by atoms with Crippen LogP contribution in [0.1, 0.15) is 5.82 Å². The summed E-state index contributed by atoms with van der Waals surface area (Å²) in [6, 6.07) is 11.6. The normalized spacial score (nSPS) is 11.4. The molecule has 0 saturated heterocycles. The van der Waals surface area contributed by atoms with E-state index in [0.29, 0.717) is 5.78 Å². The summed E-state index contributed by atoms with van der Waals surface area (Å²) in [5, 5.41) is 25.5. The summed E-state index contributed by atoms with van der Waals surface area (Å²) in [6.07, 6.45) is 7.08. The zero-order chi connectivity index (χ0) is 17.1. The second kappa shape index (κ2) is 6.21. The largest absolute Gasteiger partial charge is 0.360 e. The Morgan fingerprint density at radius 1 is 1.28 bits per heavy atom. The van der Waals surface area contributed by atoms with Crippen molar-refractivity contribution in [2.24, 2.45) is 0 Å². The van der Waals surface area contributed by atoms with Gasteiger partial charge in [-0.25, -0.2) is 9.97 Å². The molecule has 3 heterocycles. The first-order valence-corrected chi connectivity index (χ1v) is 7.34. The van der Waals surface area contributed by atoms with Crippen LogP contribution in [0, 0.1) is 11.3 Å². The summed E-state index contributed by atoms with van der Waals surface area (Å²) in [5.74, 6) is 0.894. The standard InChI is InChI=1S/C16H11N9/c17-8-12(15-21-23-24-22-15)9-19-13-4-2-11(3-5-13)14-10-25-7-1-6-18-16(25)20-14/h1-7,9-10,19H,(H,21,22,23,24). The number of benzene rings is 1. The number of hydrogen-bond donors (Lipinski definition) is 2. The third kappa shape index (κ3) is 2.91. The molecule has 0 fully saturated rings. The molecule has 4 rings (SSSR count). The fraction of sp³-hybridized carbons (Fsp3) is 0. The van der Waals surface area contributed by atoms with Crippen molar-refractivity contribution in [1.29, 1.82) is 5.26 Å². The maximum absolute atomic E-state index is 9.14. The van der Waals surface area contributed by atoms with Crippen LogP contribution in [0.5, 0.6) is 0 Å². The van der Waals surface area contributed by atoms with Gasteiger partial charge in [0.1, 0.15) is 11.6 Å². The van der Waals surface area contributed by atoms with Gasteiger partial charge >= 0.3 is 0 Å². The van der Waals surface area contributed by atoms with Crippen molar-refractivity contribution < 1.29 is 0 Å². The van der Waals surface area contributed by atoms with Gasteiger partial charge in [-0.05, 0) is 23.4 Å². The van der Waals surface area contributed by atoms with Crippen LogP contribution in [0.25, 0.3) is 22.6 Å². The number of aromatic amines is 1. The summed E-state index contributed by atoms with van der Waals surface area (Å²) < 4.78 is 1.87. The summed E-state index contributed by atoms with van der Waals surface area (Å²) in [7, 11) is 0. The summed E-state index contributed by atoms with van der Waals surface area (Å²) in [4.78, 5) is 8.69. The average molecular weight is 329 g/mol. The quantitative estimate of drug-likeness (QED) is 0.548. The van der Waals surface area contributed by atoms with Crippen LogP contribution < -0.4 is 5.32 Å². The van der Waals surface area contributed by atoms with Crippen molar-refractivity contribution in [3.8, 4) is 17.3 Å². The Balaban J connectivity index is 1.55. The number of anilines is 1. The van der Waals surface area contributed by atoms with Crippen molar-refractivity contribution in [1.82, 2.24) is 35.0 Å². The number of fused-ring (bicyclic) bond motifs is 1. The van der Waals surface area contributed by atoms with Crippen molar-refractivity contribution in [2.75, 3.05) is 5.32 Å². The van der Waals surface area contributed by atoms with E-state index in [-0.39, 0.29) is 11.4 Å². The fourth-order valence-electron chi connectivity index (χ4n) is 2.28. The van der Waals surface area contributed by atoms with E-state index < -0.39 is 0 Å². The minimum atomic E-state index is 0.240. The lowest BCUT2D eigenvalue weighted by Gasteiger charge is -2.02. The van der Waals surface area contributed by atoms with Crippen molar-refractivity contribution >= 4 is 17.0 Å². The molecule has 9 heteroatoms. The van der Waals surface area contributed by atoms with Gasteiger partial charge in [-0.15, -0.1) is 10.2 Å². The van der Waals surface area contributed by atoms with Gasteiger partial charge in [0, 0.05) is 36.0 Å². The highest BCUT2D eigenvalue weighted by atomic mass is 15.5. The van der Waals surface area contributed by atoms with Crippen LogP contribution in [0.4, 0.5) is 5.69 Å². The Hall–Kier alpha value is -4.06. The van der Waals surface area contributed by atoms with Crippen LogP contribution in [0.2, 0.25) is 0 Å². The van der Waals surface area contributed by atoms with E-state index >= 15 is 0 Å². The van der Waals surface area contributed by atoms with Crippen LogP contribution in [-0.4, -0.2) is 35.0 Å². The maximum Gasteiger partial charge on any atom is 0.234 e. The van der Waals surface area contributed by atoms with Gasteiger partial charge in [-0.1, -0.05) is 12.1 Å². The number of aromatic nitrogens is 7. The molecule has 0 unspecified atom stereocenters. The molecule has 0 aliphatic carbocycles. The molecular formula is C16H11N9. The van der Waals surface area contributed by atoms with E-state index in [9.17, 15) is 0 Å². The Bertz CT molecular complexity index is 1040. The number of tetrazole rings is 1. The van der Waals surface area contributed by atoms with Crippen LogP contribution in [-0.2, 0) is 0 Å². The van der Waals surface area contributed by atoms with E-state index in [1.54, 1.807) is 6.20 Å². The van der Waals surface area contributed by atoms with Gasteiger partial charge in [-0.2, -0.15) is 10.5 Å². The van der Waals surface area contributed by atoms with Crippen LogP contribution >= 0.6 is 0 Å². The Morgan fingerprint density at radius 3 is 2.88 bits per heavy atom. The number of nitrogens with zero attached hydrogens (tertiary/aromatic N) is 7. The Morgan fingerprint density at radius 2 is 2.16 bits per heavy atom. The minimum Gasteiger partial charge on any atom is -0.360 e. The maximum atomic E-state index is 9.14. The van der Waals surface area contributed by atoms with E-state index in [1.165, 1.54) is 6.20 Å². The first-order chi connectivity index (χ1) is 12.3. The smallest absolute Gasteiger partial charge is 0.234 e. The first kappa shape index (κ1) is 14.5. The zero-order valence-corrected chi connectivity index (χ0v) is 12.8. The SMILES string of the molecule is N#CC(=CNc1ccc(-c2cn3cccnc3n2)cc1)c1nn[nH]n1. The molecule has 0 bridgehead atoms. The third-order valence-corrected chi connectivity index (χ3v) is 3.51. The Kier molecular flexibility index (Phi) is 3.61. The Labute approximate surface area is 141 Å². The molecule has 3 aromatic heterocycles. The summed E-state index contributed by atoms with van der Waals surface area (Å²) in [6.45, 7) is 0. The van der Waals surface area contributed by atoms with Crippen molar-refractivity contribution in [3.63, 3.8) is 0 Å². The average Bonchev–Trinajstić information content (AvgIpc) is 3.32. The predicted octanol–water partition coefficient (Wildman–Crippen LogP) is 1.89. The summed E-state index contributed by atoms with van der Waals surface area (Å²) >= 11 is 0. The molecule has 0 radical (unpaired) electrons. The highest BCUT2D eigenvalue weighted by molar-refractivity contribution is 5.74. The summed E-state index contributed by atoms with van der Waals surface area (Å²) in [5.41, 5.74) is 2.91. The highest BCUT2D eigenvalue weighted by Crippen LogP contribution is 2.21. The van der Waals surface area contributed by atoms with Gasteiger partial charge in [-0.3, -0.25) is 4.40 Å². The van der Waals surface area contributed by atoms with E-state index in [4.69, 9.17) is 5.26 Å². The van der Waals surface area contributed by atoms with Crippen molar-refractivity contribution in [3.05, 3.63) is 60.9 Å². The molecule has 2 N–H and O–H groups in total. The monoisotopic (exact) mass is 329 g/mol. The lowest BCUT2D eigenvalue weighted by Crippen LogP contribution is -1.93. The number of H-pyrrole nitrogens is 1. The second-order valence-electron chi connectivity index (χ2n) is 5.08.